The fourth-order valence-corrected chi connectivity index (χ4v) is 0.939. The van der Waals surface area contributed by atoms with E-state index in [9.17, 15) is 0 Å². The van der Waals surface area contributed by atoms with E-state index >= 15 is 0 Å². The van der Waals surface area contributed by atoms with Crippen LogP contribution in [-0.4, -0.2) is 24.4 Å². The van der Waals surface area contributed by atoms with E-state index in [0.717, 1.165) is 6.54 Å². The third-order valence-corrected chi connectivity index (χ3v) is 1.59. The van der Waals surface area contributed by atoms with E-state index in [2.05, 4.69) is 49.1 Å². The van der Waals surface area contributed by atoms with Crippen molar-refractivity contribution in [3.63, 3.8) is 0 Å². The van der Waals surface area contributed by atoms with Gasteiger partial charge in [-0.15, -0.1) is 0 Å². The first kappa shape index (κ1) is 7.26. The van der Waals surface area contributed by atoms with E-state index in [1.807, 2.05) is 0 Å². The van der Waals surface area contributed by atoms with Crippen molar-refractivity contribution in [2.75, 3.05) is 13.6 Å². The van der Waals surface area contributed by atoms with Gasteiger partial charge >= 0.3 is 0 Å². The van der Waals surface area contributed by atoms with Gasteiger partial charge in [0.05, 0.1) is 0 Å². The van der Waals surface area contributed by atoms with Crippen molar-refractivity contribution in [1.29, 1.82) is 0 Å². The normalized spacial score (nSPS) is 28.6. The molecule has 0 saturated heterocycles. The van der Waals surface area contributed by atoms with Gasteiger partial charge in [0, 0.05) is 0 Å². The topological polar surface area (TPSA) is 3.01 Å². The minimum atomic E-state index is 0.588. The highest BCUT2D eigenvalue weighted by Gasteiger charge is 1.95. The molecule has 0 N–H and O–H groups in total. The number of hydrogen-bond acceptors (Lipinski definition) is 0. The van der Waals surface area contributed by atoms with E-state index in [1.165, 1.54) is 0 Å². The average molecular weight is 136 g/mol. The second-order valence-corrected chi connectivity index (χ2v) is 2.76. The third-order valence-electron chi connectivity index (χ3n) is 1.59. The van der Waals surface area contributed by atoms with Crippen molar-refractivity contribution < 1.29 is 4.58 Å². The molecule has 10 heavy (non-hydrogen) atoms. The van der Waals surface area contributed by atoms with E-state index < -0.39 is 0 Å². The molecule has 1 unspecified atom stereocenters. The second-order valence-electron chi connectivity index (χ2n) is 2.76. The van der Waals surface area contributed by atoms with Crippen molar-refractivity contribution in [3.05, 3.63) is 24.3 Å². The van der Waals surface area contributed by atoms with Crippen LogP contribution < -0.4 is 0 Å². The van der Waals surface area contributed by atoms with Crippen LogP contribution in [0.15, 0.2) is 24.3 Å². The first-order valence-electron chi connectivity index (χ1n) is 3.67. The van der Waals surface area contributed by atoms with Gasteiger partial charge in [0.15, 0.2) is 12.8 Å². The molecule has 0 spiro atoms. The maximum Gasteiger partial charge on any atom is 0.163 e. The Balaban J connectivity index is 2.70. The van der Waals surface area contributed by atoms with E-state index in [1.54, 1.807) is 0 Å². The van der Waals surface area contributed by atoms with Gasteiger partial charge in [-0.05, 0) is 18.1 Å². The minimum absolute atomic E-state index is 0.588. The molecular weight excluding hydrogens is 122 g/mol. The van der Waals surface area contributed by atoms with Gasteiger partial charge in [0.1, 0.15) is 7.05 Å². The number of rotatable bonds is 0. The maximum absolute atomic E-state index is 2.22. The van der Waals surface area contributed by atoms with E-state index in [0.29, 0.717) is 5.92 Å². The quantitative estimate of drug-likeness (QED) is 0.350. The summed E-state index contributed by atoms with van der Waals surface area (Å²) in [6, 6.07) is 0. The van der Waals surface area contributed by atoms with Crippen LogP contribution in [0.4, 0.5) is 0 Å². The standard InChI is InChI=1S/C9H14N/c1-9-5-3-7-10(2)8-4-6-9/h3-7,9H,8H2,1-2H3/q+1/b5-3-,6-4?,10-7?. The lowest BCUT2D eigenvalue weighted by molar-refractivity contribution is -0.480. The van der Waals surface area contributed by atoms with Crippen molar-refractivity contribution in [3.8, 4) is 0 Å². The third kappa shape index (κ3) is 2.18. The second kappa shape index (κ2) is 3.35. The molecule has 0 radical (unpaired) electrons. The summed E-state index contributed by atoms with van der Waals surface area (Å²) < 4.78 is 2.15. The summed E-state index contributed by atoms with van der Waals surface area (Å²) >= 11 is 0. The minimum Gasteiger partial charge on any atom is -0.235 e. The molecule has 1 aliphatic rings. The van der Waals surface area contributed by atoms with Crippen molar-refractivity contribution >= 4 is 6.21 Å². The van der Waals surface area contributed by atoms with Gasteiger partial charge in [0.2, 0.25) is 0 Å². The monoisotopic (exact) mass is 136 g/mol. The van der Waals surface area contributed by atoms with Gasteiger partial charge in [0.25, 0.3) is 0 Å². The van der Waals surface area contributed by atoms with Crippen molar-refractivity contribution in [2.24, 2.45) is 5.92 Å². The molecule has 0 aromatic heterocycles. The predicted octanol–water partition coefficient (Wildman–Crippen LogP) is 1.46. The lowest BCUT2D eigenvalue weighted by Gasteiger charge is -1.98. The average Bonchev–Trinajstić information content (AvgIpc) is 1.84. The molecule has 0 aromatic carbocycles. The fraction of sp³-hybridized carbons (Fsp3) is 0.444. The molecule has 1 nitrogen and oxygen atoms in total. The van der Waals surface area contributed by atoms with Crippen molar-refractivity contribution in [1.82, 2.24) is 0 Å². The molecular formula is C9H14N+. The molecule has 54 valence electrons. The summed E-state index contributed by atoms with van der Waals surface area (Å²) in [6.45, 7) is 3.21. The maximum atomic E-state index is 2.22. The Morgan fingerprint density at radius 1 is 1.40 bits per heavy atom. The lowest BCUT2D eigenvalue weighted by atomic mass is 10.1. The van der Waals surface area contributed by atoms with Crippen LogP contribution in [0.25, 0.3) is 0 Å². The zero-order valence-corrected chi connectivity index (χ0v) is 6.62. The summed E-state index contributed by atoms with van der Waals surface area (Å²) in [4.78, 5) is 0. The Labute approximate surface area is 62.4 Å². The summed E-state index contributed by atoms with van der Waals surface area (Å²) in [5.41, 5.74) is 0. The summed E-state index contributed by atoms with van der Waals surface area (Å²) in [6.07, 6.45) is 10.8. The smallest absolute Gasteiger partial charge is 0.163 e. The molecule has 1 aliphatic heterocycles. The molecule has 0 saturated carbocycles. The predicted molar refractivity (Wildman–Crippen MR) is 44.6 cm³/mol. The molecule has 1 heterocycles. The van der Waals surface area contributed by atoms with Crippen LogP contribution in [0.2, 0.25) is 0 Å². The highest BCUT2D eigenvalue weighted by atomic mass is 14.9. The first-order valence-corrected chi connectivity index (χ1v) is 3.67. The zero-order chi connectivity index (χ0) is 7.40. The Morgan fingerprint density at radius 3 is 3.00 bits per heavy atom. The molecule has 1 rings (SSSR count). The molecule has 1 heteroatoms. The zero-order valence-electron chi connectivity index (χ0n) is 6.62. The van der Waals surface area contributed by atoms with Gasteiger partial charge in [-0.1, -0.05) is 19.1 Å². The molecule has 0 aliphatic carbocycles. The van der Waals surface area contributed by atoms with Crippen LogP contribution in [0.5, 0.6) is 0 Å². The van der Waals surface area contributed by atoms with Crippen LogP contribution in [0.1, 0.15) is 6.92 Å². The highest BCUT2D eigenvalue weighted by molar-refractivity contribution is 5.66. The number of hydrogen-bond donors (Lipinski definition) is 0. The van der Waals surface area contributed by atoms with E-state index in [4.69, 9.17) is 0 Å². The van der Waals surface area contributed by atoms with E-state index in [-0.39, 0.29) is 0 Å². The van der Waals surface area contributed by atoms with Gasteiger partial charge in [-0.2, -0.15) is 0 Å². The molecule has 0 fully saturated rings. The SMILES string of the molecule is CC1C=CC[N+](C)=C/C=C\1. The largest absolute Gasteiger partial charge is 0.235 e. The molecule has 1 atom stereocenters. The Morgan fingerprint density at radius 2 is 2.20 bits per heavy atom. The molecule has 0 aromatic rings. The Kier molecular flexibility index (Phi) is 2.43. The van der Waals surface area contributed by atoms with Gasteiger partial charge < -0.3 is 0 Å². The van der Waals surface area contributed by atoms with Gasteiger partial charge in [-0.3, -0.25) is 0 Å². The lowest BCUT2D eigenvalue weighted by Crippen LogP contribution is -2.07. The van der Waals surface area contributed by atoms with Crippen LogP contribution in [0, 0.1) is 5.92 Å². The Hall–Kier alpha value is -0.850. The van der Waals surface area contributed by atoms with Crippen molar-refractivity contribution in [2.45, 2.75) is 6.92 Å². The number of nitrogens with zero attached hydrogens (tertiary/aromatic N) is 1. The number of likely N-dealkylation sites (N-methyl/N-ethyl adjacent to an activating group) is 1. The molecule has 0 amide bonds. The highest BCUT2D eigenvalue weighted by Crippen LogP contribution is 1.99. The summed E-state index contributed by atoms with van der Waals surface area (Å²) in [5.74, 6) is 0.588. The first-order chi connectivity index (χ1) is 4.79. The Bertz CT molecular complexity index is 187. The van der Waals surface area contributed by atoms with Gasteiger partial charge in [-0.25, -0.2) is 4.58 Å². The summed E-state index contributed by atoms with van der Waals surface area (Å²) in [5, 5.41) is 0. The van der Waals surface area contributed by atoms with Crippen LogP contribution >= 0.6 is 0 Å². The number of allylic oxidation sites excluding steroid dienone is 3. The van der Waals surface area contributed by atoms with Crippen LogP contribution in [-0.2, 0) is 0 Å². The molecule has 0 bridgehead atoms. The summed E-state index contributed by atoms with van der Waals surface area (Å²) in [7, 11) is 2.07. The fourth-order valence-electron chi connectivity index (χ4n) is 0.939. The van der Waals surface area contributed by atoms with Crippen LogP contribution in [0.3, 0.4) is 0 Å².